The van der Waals surface area contributed by atoms with E-state index in [0.717, 1.165) is 6.92 Å². The van der Waals surface area contributed by atoms with Crippen molar-refractivity contribution in [1.29, 1.82) is 0 Å². The molecule has 7 nitrogen and oxygen atoms in total. The maximum Gasteiger partial charge on any atom is 0.426 e. The highest BCUT2D eigenvalue weighted by Gasteiger charge is 2.70. The Balaban J connectivity index is 6.09. The van der Waals surface area contributed by atoms with Crippen molar-refractivity contribution in [3.05, 3.63) is 0 Å². The summed E-state index contributed by atoms with van der Waals surface area (Å²) < 4.78 is 89.1. The maximum atomic E-state index is 13.1. The molecule has 0 aliphatic rings. The highest BCUT2D eigenvalue weighted by atomic mass is 19.4. The molecule has 0 aliphatic heterocycles. The van der Waals surface area contributed by atoms with Crippen LogP contribution in [0.5, 0.6) is 0 Å². The topological polar surface area (TPSA) is 110 Å². The van der Waals surface area contributed by atoms with Gasteiger partial charge in [-0.1, -0.05) is 34.6 Å². The summed E-state index contributed by atoms with van der Waals surface area (Å²) in [6, 6.07) is 0. The number of carboxylic acid groups (broad SMARTS) is 1. The highest BCUT2D eigenvalue weighted by Crippen LogP contribution is 2.46. The Morgan fingerprint density at radius 3 is 1.61 bits per heavy atom. The molecule has 0 aromatic rings. The van der Waals surface area contributed by atoms with Gasteiger partial charge in [-0.3, -0.25) is 14.4 Å². The van der Waals surface area contributed by atoms with Gasteiger partial charge in [-0.05, 0) is 47.0 Å². The molecule has 0 rings (SSSR count). The first-order valence-electron chi connectivity index (χ1n) is 12.2. The van der Waals surface area contributed by atoms with Gasteiger partial charge in [0.25, 0.3) is 5.60 Å². The molecule has 0 radical (unpaired) electrons. The molecule has 0 aromatic heterocycles. The van der Waals surface area contributed by atoms with Crippen molar-refractivity contribution in [2.45, 2.75) is 118 Å². The van der Waals surface area contributed by atoms with Gasteiger partial charge in [-0.15, -0.1) is 0 Å². The molecule has 0 aromatic carbocycles. The van der Waals surface area contributed by atoms with Crippen LogP contribution >= 0.6 is 0 Å². The van der Waals surface area contributed by atoms with Gasteiger partial charge in [0.1, 0.15) is 11.7 Å². The minimum absolute atomic E-state index is 0.0472. The van der Waals surface area contributed by atoms with E-state index in [2.05, 4.69) is 0 Å². The number of esters is 2. The van der Waals surface area contributed by atoms with Gasteiger partial charge < -0.3 is 19.7 Å². The molecule has 0 saturated heterocycles. The monoisotopic (exact) mass is 566 g/mol. The van der Waals surface area contributed by atoms with E-state index in [9.17, 15) is 50.9 Å². The van der Waals surface area contributed by atoms with E-state index in [4.69, 9.17) is 9.47 Å². The summed E-state index contributed by atoms with van der Waals surface area (Å²) in [5, 5.41) is 18.9. The number of carboxylic acids is 1. The smallest absolute Gasteiger partial charge is 0.426 e. The first kappa shape index (κ1) is 35.9. The van der Waals surface area contributed by atoms with E-state index < -0.39 is 83.1 Å². The number of rotatable bonds is 12. The van der Waals surface area contributed by atoms with Crippen LogP contribution in [0.3, 0.4) is 0 Å². The second-order valence-electron chi connectivity index (χ2n) is 11.8. The predicted molar refractivity (Wildman–Crippen MR) is 125 cm³/mol. The maximum absolute atomic E-state index is 13.1. The molecule has 224 valence electrons. The Hall–Kier alpha value is -2.05. The molecule has 0 aliphatic carbocycles. The minimum atomic E-state index is -6.11. The second kappa shape index (κ2) is 12.0. The quantitative estimate of drug-likeness (QED) is 0.218. The molecular formula is C25H40F6O7. The predicted octanol–water partition coefficient (Wildman–Crippen LogP) is 6.07. The normalized spacial score (nSPS) is 17.7. The first-order valence-corrected chi connectivity index (χ1v) is 12.2. The third kappa shape index (κ3) is 8.74. The van der Waals surface area contributed by atoms with Gasteiger partial charge in [-0.25, -0.2) is 0 Å². The zero-order chi connectivity index (χ0) is 30.7. The van der Waals surface area contributed by atoms with Crippen molar-refractivity contribution in [2.75, 3.05) is 0 Å². The van der Waals surface area contributed by atoms with Crippen LogP contribution in [0.25, 0.3) is 0 Å². The number of ether oxygens (including phenoxy) is 2. The lowest BCUT2D eigenvalue weighted by Crippen LogP contribution is -2.58. The zero-order valence-corrected chi connectivity index (χ0v) is 23.3. The number of hydrogen-bond acceptors (Lipinski definition) is 6. The van der Waals surface area contributed by atoms with E-state index in [0.29, 0.717) is 0 Å². The van der Waals surface area contributed by atoms with Gasteiger partial charge in [-0.2, -0.15) is 26.3 Å². The number of alkyl halides is 6. The number of carbonyl (C=O) groups excluding carboxylic acids is 2. The van der Waals surface area contributed by atoms with Crippen molar-refractivity contribution in [3.8, 4) is 0 Å². The van der Waals surface area contributed by atoms with Crippen LogP contribution in [0.15, 0.2) is 0 Å². The fourth-order valence-corrected chi connectivity index (χ4v) is 3.64. The standard InChI is InChI=1S/C25H40F6O7/c1-10-16(17(32)33)13-22(9,11-14(2)18(34)38-21(7,8)20(4,5)6)19(35)37-15(3)12-23(36,24(26,27)28)25(29,30)31/h14-16,36H,10-13H2,1-9H3,(H,32,33). The third-order valence-electron chi connectivity index (χ3n) is 7.18. The summed E-state index contributed by atoms with van der Waals surface area (Å²) in [5.74, 6) is -5.46. The third-order valence-corrected chi connectivity index (χ3v) is 7.18. The molecule has 4 unspecified atom stereocenters. The molecule has 13 heteroatoms. The van der Waals surface area contributed by atoms with Crippen molar-refractivity contribution < 1.29 is 60.4 Å². The summed E-state index contributed by atoms with van der Waals surface area (Å²) in [7, 11) is 0. The Bertz CT molecular complexity index is 831. The average Bonchev–Trinajstić information content (AvgIpc) is 2.68. The second-order valence-corrected chi connectivity index (χ2v) is 11.8. The van der Waals surface area contributed by atoms with E-state index in [1.165, 1.54) is 20.8 Å². The molecule has 4 atom stereocenters. The van der Waals surface area contributed by atoms with Crippen LogP contribution in [0.4, 0.5) is 26.3 Å². The van der Waals surface area contributed by atoms with Gasteiger partial charge in [0.05, 0.1) is 17.3 Å². The van der Waals surface area contributed by atoms with Crippen LogP contribution in [0.2, 0.25) is 0 Å². The van der Waals surface area contributed by atoms with Crippen molar-refractivity contribution in [3.63, 3.8) is 0 Å². The Morgan fingerprint density at radius 2 is 1.26 bits per heavy atom. The van der Waals surface area contributed by atoms with E-state index in [1.54, 1.807) is 13.8 Å². The van der Waals surface area contributed by atoms with Gasteiger partial charge in [0.2, 0.25) is 0 Å². The molecule has 2 N–H and O–H groups in total. The van der Waals surface area contributed by atoms with Crippen LogP contribution in [-0.2, 0) is 23.9 Å². The van der Waals surface area contributed by atoms with Crippen LogP contribution < -0.4 is 0 Å². The van der Waals surface area contributed by atoms with Crippen molar-refractivity contribution in [1.82, 2.24) is 0 Å². The molecule has 0 amide bonds. The minimum Gasteiger partial charge on any atom is -0.481 e. The van der Waals surface area contributed by atoms with E-state index >= 15 is 0 Å². The van der Waals surface area contributed by atoms with E-state index in [-0.39, 0.29) is 12.8 Å². The average molecular weight is 567 g/mol. The fraction of sp³-hybridized carbons (Fsp3) is 0.880. The largest absolute Gasteiger partial charge is 0.481 e. The van der Waals surface area contributed by atoms with E-state index in [1.807, 2.05) is 20.8 Å². The summed E-state index contributed by atoms with van der Waals surface area (Å²) in [6.45, 7) is 13.7. The number of aliphatic hydroxyl groups is 1. The number of halogens is 6. The first-order chi connectivity index (χ1) is 16.6. The zero-order valence-electron chi connectivity index (χ0n) is 23.3. The SMILES string of the molecule is CCC(CC(C)(CC(C)C(=O)OC(C)(C)C(C)(C)C)C(=O)OC(C)CC(O)(C(F)(F)F)C(F)(F)F)C(=O)O. The Kier molecular flexibility index (Phi) is 11.3. The van der Waals surface area contributed by atoms with Crippen LogP contribution in [0.1, 0.15) is 88.0 Å². The fourth-order valence-electron chi connectivity index (χ4n) is 3.64. The lowest BCUT2D eigenvalue weighted by atomic mass is 9.74. The van der Waals surface area contributed by atoms with Gasteiger partial charge in [0, 0.05) is 11.8 Å². The number of hydrogen-bond donors (Lipinski definition) is 2. The Labute approximate surface area is 219 Å². The molecule has 38 heavy (non-hydrogen) atoms. The molecular weight excluding hydrogens is 526 g/mol. The molecule has 0 heterocycles. The van der Waals surface area contributed by atoms with Gasteiger partial charge in [0.15, 0.2) is 0 Å². The lowest BCUT2D eigenvalue weighted by Gasteiger charge is -2.39. The lowest BCUT2D eigenvalue weighted by molar-refractivity contribution is -0.373. The molecule has 0 saturated carbocycles. The van der Waals surface area contributed by atoms with Crippen molar-refractivity contribution in [2.24, 2.45) is 22.7 Å². The molecule has 0 bridgehead atoms. The Morgan fingerprint density at radius 1 is 0.816 bits per heavy atom. The highest BCUT2D eigenvalue weighted by molar-refractivity contribution is 5.80. The van der Waals surface area contributed by atoms with Crippen molar-refractivity contribution >= 4 is 17.9 Å². The summed E-state index contributed by atoms with van der Waals surface area (Å²) >= 11 is 0. The number of carbonyl (C=O) groups is 3. The summed E-state index contributed by atoms with van der Waals surface area (Å²) in [5.41, 5.74) is -8.37. The van der Waals surface area contributed by atoms with Crippen LogP contribution in [-0.4, -0.2) is 57.8 Å². The van der Waals surface area contributed by atoms with Gasteiger partial charge >= 0.3 is 30.3 Å². The summed E-state index contributed by atoms with van der Waals surface area (Å²) in [4.78, 5) is 37.6. The number of aliphatic carboxylic acids is 1. The molecule has 0 spiro atoms. The van der Waals surface area contributed by atoms with Crippen LogP contribution in [0, 0.1) is 22.7 Å². The summed E-state index contributed by atoms with van der Waals surface area (Å²) in [6.07, 6.45) is -17.0. The molecule has 0 fully saturated rings.